The Morgan fingerprint density at radius 1 is 0.784 bits per heavy atom. The second-order valence-electron chi connectivity index (χ2n) is 14.4. The normalized spacial score (nSPS) is 18.7. The SMILES string of the molecule is CC(=C1C=C(C(C)(C)C)SC(C(C)(C)C)=C1)C1=C(O)C(=Cc2cc(C(C)(C)C)[o+]c(C(C)(C)C)c2)C1=O. The Morgan fingerprint density at radius 3 is 1.57 bits per heavy atom. The van der Waals surface area contributed by atoms with Crippen LogP contribution in [-0.4, -0.2) is 10.9 Å². The quantitative estimate of drug-likeness (QED) is 0.311. The first-order chi connectivity index (χ1) is 16.6. The summed E-state index contributed by atoms with van der Waals surface area (Å²) in [5.74, 6) is 1.65. The molecule has 0 fully saturated rings. The van der Waals surface area contributed by atoms with Crippen LogP contribution in [0.2, 0.25) is 0 Å². The Bertz CT molecular complexity index is 1220. The highest BCUT2D eigenvalue weighted by Gasteiger charge is 2.38. The minimum atomic E-state index is -0.185. The van der Waals surface area contributed by atoms with E-state index in [1.807, 2.05) is 30.8 Å². The van der Waals surface area contributed by atoms with Crippen LogP contribution in [0, 0.1) is 10.8 Å². The van der Waals surface area contributed by atoms with Gasteiger partial charge in [-0.2, -0.15) is 0 Å². The largest absolute Gasteiger partial charge is 0.506 e. The van der Waals surface area contributed by atoms with Crippen molar-refractivity contribution in [3.63, 3.8) is 0 Å². The first-order valence-electron chi connectivity index (χ1n) is 13.1. The van der Waals surface area contributed by atoms with Crippen LogP contribution in [0.3, 0.4) is 0 Å². The minimum absolute atomic E-state index is 0.0139. The van der Waals surface area contributed by atoms with E-state index >= 15 is 0 Å². The number of ketones is 1. The van der Waals surface area contributed by atoms with Crippen molar-refractivity contribution >= 4 is 23.6 Å². The van der Waals surface area contributed by atoms with Crippen molar-refractivity contribution in [1.82, 2.24) is 0 Å². The molecule has 4 heteroatoms. The highest BCUT2D eigenvalue weighted by molar-refractivity contribution is 8.06. The van der Waals surface area contributed by atoms with E-state index in [0.717, 1.165) is 28.2 Å². The van der Waals surface area contributed by atoms with Gasteiger partial charge in [0.2, 0.25) is 5.78 Å². The van der Waals surface area contributed by atoms with E-state index in [9.17, 15) is 9.90 Å². The summed E-state index contributed by atoms with van der Waals surface area (Å²) in [5.41, 5.74) is 3.04. The average Bonchev–Trinajstić information content (AvgIpc) is 2.74. The monoisotopic (exact) mass is 521 g/mol. The molecular weight excluding hydrogens is 476 g/mol. The highest BCUT2D eigenvalue weighted by atomic mass is 32.2. The van der Waals surface area contributed by atoms with Crippen molar-refractivity contribution in [3.8, 4) is 0 Å². The number of rotatable bonds is 2. The molecule has 0 unspecified atom stereocenters. The van der Waals surface area contributed by atoms with Crippen LogP contribution in [0.15, 0.2) is 66.6 Å². The van der Waals surface area contributed by atoms with E-state index in [2.05, 4.69) is 95.2 Å². The van der Waals surface area contributed by atoms with Gasteiger partial charge in [0, 0.05) is 12.1 Å². The summed E-state index contributed by atoms with van der Waals surface area (Å²) in [7, 11) is 0. The Morgan fingerprint density at radius 2 is 1.22 bits per heavy atom. The maximum Gasteiger partial charge on any atom is 0.335 e. The summed E-state index contributed by atoms with van der Waals surface area (Å²) < 4.78 is 6.24. The lowest BCUT2D eigenvalue weighted by atomic mass is 9.80. The summed E-state index contributed by atoms with van der Waals surface area (Å²) in [4.78, 5) is 15.9. The van der Waals surface area contributed by atoms with Crippen LogP contribution >= 0.6 is 11.8 Å². The summed E-state index contributed by atoms with van der Waals surface area (Å²) >= 11 is 1.82. The molecule has 1 aromatic rings. The van der Waals surface area contributed by atoms with Gasteiger partial charge in [-0.05, 0) is 104 Å². The number of aliphatic hydroxyl groups is 1. The van der Waals surface area contributed by atoms with Crippen LogP contribution in [0.25, 0.3) is 6.08 Å². The molecule has 2 aliphatic rings. The maximum atomic E-state index is 13.4. The molecular formula is C33H45O3S+. The Balaban J connectivity index is 2.13. The molecule has 0 bridgehead atoms. The number of hydrogen-bond acceptors (Lipinski definition) is 3. The molecule has 1 aliphatic carbocycles. The Labute approximate surface area is 228 Å². The van der Waals surface area contributed by atoms with Crippen molar-refractivity contribution < 1.29 is 14.3 Å². The molecule has 0 aromatic carbocycles. The molecule has 0 atom stereocenters. The fraction of sp³-hybridized carbons (Fsp3) is 0.515. The molecule has 0 saturated heterocycles. The van der Waals surface area contributed by atoms with Crippen LogP contribution in [0.4, 0.5) is 0 Å². The number of allylic oxidation sites excluding steroid dienone is 8. The number of Topliss-reactive ketones (excluding diaryl/α,β-unsaturated/α-hetero) is 1. The molecule has 3 rings (SSSR count). The van der Waals surface area contributed by atoms with E-state index in [0.29, 0.717) is 11.1 Å². The van der Waals surface area contributed by atoms with Crippen LogP contribution in [-0.2, 0) is 15.6 Å². The van der Waals surface area contributed by atoms with E-state index < -0.39 is 0 Å². The van der Waals surface area contributed by atoms with Gasteiger partial charge in [0.15, 0.2) is 0 Å². The standard InChI is InChI=1S/C33H44O3S/c1-19(21-17-25(32(8,9)10)37-26(18-21)33(11,12)13)27-28(34)22(29(27)35)14-20-15-23(30(2,3)4)36-24(16-20)31(5,6)7/h14-18H,1-13H3/p+1. The molecule has 200 valence electrons. The van der Waals surface area contributed by atoms with Crippen molar-refractivity contribution in [2.24, 2.45) is 10.8 Å². The third-order valence-electron chi connectivity index (χ3n) is 6.65. The van der Waals surface area contributed by atoms with Gasteiger partial charge < -0.3 is 5.11 Å². The lowest BCUT2D eigenvalue weighted by Gasteiger charge is -2.33. The molecule has 1 aliphatic heterocycles. The van der Waals surface area contributed by atoms with Crippen molar-refractivity contribution in [2.75, 3.05) is 0 Å². The summed E-state index contributed by atoms with van der Waals surface area (Å²) in [6.45, 7) is 27.8. The average molecular weight is 522 g/mol. The van der Waals surface area contributed by atoms with E-state index in [1.54, 1.807) is 6.08 Å². The number of thioether (sulfide) groups is 1. The van der Waals surface area contributed by atoms with Gasteiger partial charge in [-0.15, -0.1) is 0 Å². The summed E-state index contributed by atoms with van der Waals surface area (Å²) in [5, 5.41) is 11.1. The Kier molecular flexibility index (Phi) is 7.46. The highest BCUT2D eigenvalue weighted by Crippen LogP contribution is 2.50. The smallest absolute Gasteiger partial charge is 0.335 e. The number of carbonyl (C=O) groups excluding carboxylic acids is 1. The second-order valence-corrected chi connectivity index (χ2v) is 15.5. The molecule has 1 N–H and O–H groups in total. The zero-order chi connectivity index (χ0) is 28.3. The van der Waals surface area contributed by atoms with Gasteiger partial charge in [-0.3, -0.25) is 4.79 Å². The van der Waals surface area contributed by atoms with Gasteiger partial charge in [0.25, 0.3) is 0 Å². The van der Waals surface area contributed by atoms with Gasteiger partial charge in [0.05, 0.1) is 22.0 Å². The lowest BCUT2D eigenvalue weighted by Crippen LogP contribution is -2.24. The van der Waals surface area contributed by atoms with E-state index in [1.165, 1.54) is 9.81 Å². The summed E-state index contributed by atoms with van der Waals surface area (Å²) in [6.07, 6.45) is 6.14. The first kappa shape index (κ1) is 29.2. The van der Waals surface area contributed by atoms with Gasteiger partial charge >= 0.3 is 11.5 Å². The van der Waals surface area contributed by atoms with Crippen LogP contribution in [0.5, 0.6) is 0 Å². The topological polar surface area (TPSA) is 48.6 Å². The van der Waals surface area contributed by atoms with Gasteiger partial charge in [-0.25, -0.2) is 4.42 Å². The predicted molar refractivity (Wildman–Crippen MR) is 159 cm³/mol. The predicted octanol–water partition coefficient (Wildman–Crippen LogP) is 9.86. The van der Waals surface area contributed by atoms with Crippen molar-refractivity contribution in [1.29, 1.82) is 0 Å². The molecule has 1 aromatic heterocycles. The zero-order valence-corrected chi connectivity index (χ0v) is 25.9. The van der Waals surface area contributed by atoms with E-state index in [4.69, 9.17) is 4.42 Å². The number of hydrogen-bond donors (Lipinski definition) is 1. The third-order valence-corrected chi connectivity index (χ3v) is 8.55. The van der Waals surface area contributed by atoms with Gasteiger partial charge in [-0.1, -0.05) is 53.3 Å². The molecule has 37 heavy (non-hydrogen) atoms. The van der Waals surface area contributed by atoms with Crippen LogP contribution < -0.4 is 0 Å². The molecule has 0 amide bonds. The molecule has 2 heterocycles. The molecule has 0 saturated carbocycles. The van der Waals surface area contributed by atoms with Crippen molar-refractivity contribution in [2.45, 2.75) is 101 Å². The fourth-order valence-corrected chi connectivity index (χ4v) is 5.24. The zero-order valence-electron chi connectivity index (χ0n) is 25.1. The van der Waals surface area contributed by atoms with Crippen LogP contribution in [0.1, 0.15) is 107 Å². The van der Waals surface area contributed by atoms with E-state index in [-0.39, 0.29) is 33.2 Å². The first-order valence-corrected chi connectivity index (χ1v) is 13.9. The maximum absolute atomic E-state index is 13.4. The third kappa shape index (κ3) is 6.22. The Hall–Kier alpha value is -2.33. The second kappa shape index (κ2) is 9.45. The summed E-state index contributed by atoms with van der Waals surface area (Å²) in [6, 6.07) is 3.95. The van der Waals surface area contributed by atoms with Crippen molar-refractivity contribution in [3.05, 3.63) is 79.2 Å². The minimum Gasteiger partial charge on any atom is -0.506 e. The molecule has 0 spiro atoms. The number of aliphatic hydroxyl groups excluding tert-OH is 1. The molecule has 3 nitrogen and oxygen atoms in total. The van der Waals surface area contributed by atoms with Gasteiger partial charge in [0.1, 0.15) is 5.76 Å². The fourth-order valence-electron chi connectivity index (χ4n) is 4.02. The molecule has 0 radical (unpaired) electrons. The number of carbonyl (C=O) groups is 1. The lowest BCUT2D eigenvalue weighted by molar-refractivity contribution is -0.113.